The standard InChI is InChI=1S/C15H10Cl2O5/c16-9-1-3-11(17)13(5-9)19-7-15(18)22-10-2-4-12-14(6-10)21-8-20-12/h1-6H,7-8H2. The summed E-state index contributed by atoms with van der Waals surface area (Å²) in [5.74, 6) is 1.23. The largest absolute Gasteiger partial charge is 0.480 e. The van der Waals surface area contributed by atoms with E-state index in [-0.39, 0.29) is 13.4 Å². The molecule has 2 aromatic rings. The molecule has 5 nitrogen and oxygen atoms in total. The topological polar surface area (TPSA) is 54.0 Å². The van der Waals surface area contributed by atoms with E-state index in [0.29, 0.717) is 33.0 Å². The number of esters is 1. The van der Waals surface area contributed by atoms with E-state index in [4.69, 9.17) is 42.1 Å². The van der Waals surface area contributed by atoms with Crippen LogP contribution in [0.2, 0.25) is 10.0 Å². The van der Waals surface area contributed by atoms with E-state index in [1.54, 1.807) is 30.3 Å². The summed E-state index contributed by atoms with van der Waals surface area (Å²) in [5, 5.41) is 0.823. The van der Waals surface area contributed by atoms with Gasteiger partial charge >= 0.3 is 5.97 Å². The third kappa shape index (κ3) is 3.37. The Labute approximate surface area is 136 Å². The average Bonchev–Trinajstić information content (AvgIpc) is 2.96. The van der Waals surface area contributed by atoms with Crippen molar-refractivity contribution >= 4 is 29.2 Å². The molecule has 0 aromatic heterocycles. The third-order valence-electron chi connectivity index (χ3n) is 2.81. The van der Waals surface area contributed by atoms with E-state index in [2.05, 4.69) is 0 Å². The molecule has 1 aliphatic rings. The SMILES string of the molecule is O=C(COc1cc(Cl)ccc1Cl)Oc1ccc2c(c1)OCO2. The maximum Gasteiger partial charge on any atom is 0.349 e. The third-order valence-corrected chi connectivity index (χ3v) is 3.36. The maximum atomic E-state index is 11.8. The van der Waals surface area contributed by atoms with Crippen LogP contribution in [0.4, 0.5) is 0 Å². The highest BCUT2D eigenvalue weighted by Gasteiger charge is 2.15. The molecule has 0 amide bonds. The lowest BCUT2D eigenvalue weighted by molar-refractivity contribution is -0.136. The second kappa shape index (κ2) is 6.34. The summed E-state index contributed by atoms with van der Waals surface area (Å²) in [6, 6.07) is 9.59. The summed E-state index contributed by atoms with van der Waals surface area (Å²) in [6.45, 7) is -0.141. The van der Waals surface area contributed by atoms with Crippen LogP contribution < -0.4 is 18.9 Å². The first kappa shape index (κ1) is 14.8. The van der Waals surface area contributed by atoms with Crippen LogP contribution in [0.3, 0.4) is 0 Å². The summed E-state index contributed by atoms with van der Waals surface area (Å²) in [7, 11) is 0. The van der Waals surface area contributed by atoms with E-state index in [1.807, 2.05) is 0 Å². The molecule has 0 saturated carbocycles. The zero-order valence-corrected chi connectivity index (χ0v) is 12.7. The van der Waals surface area contributed by atoms with Crippen molar-refractivity contribution in [3.8, 4) is 23.0 Å². The van der Waals surface area contributed by atoms with Gasteiger partial charge in [0.25, 0.3) is 0 Å². The van der Waals surface area contributed by atoms with E-state index < -0.39 is 5.97 Å². The van der Waals surface area contributed by atoms with Crippen molar-refractivity contribution in [1.29, 1.82) is 0 Å². The Hall–Kier alpha value is -2.11. The van der Waals surface area contributed by atoms with Gasteiger partial charge in [0.15, 0.2) is 18.1 Å². The average molecular weight is 341 g/mol. The van der Waals surface area contributed by atoms with Crippen LogP contribution in [0.5, 0.6) is 23.0 Å². The summed E-state index contributed by atoms with van der Waals surface area (Å²) in [6.07, 6.45) is 0. The number of hydrogen-bond donors (Lipinski definition) is 0. The Morgan fingerprint density at radius 3 is 2.77 bits per heavy atom. The van der Waals surface area contributed by atoms with Gasteiger partial charge in [-0.15, -0.1) is 0 Å². The molecule has 114 valence electrons. The minimum absolute atomic E-state index is 0.156. The molecule has 1 aliphatic heterocycles. The minimum atomic E-state index is -0.574. The second-order valence-electron chi connectivity index (χ2n) is 4.35. The molecule has 0 N–H and O–H groups in total. The highest BCUT2D eigenvalue weighted by Crippen LogP contribution is 2.35. The van der Waals surface area contributed by atoms with E-state index >= 15 is 0 Å². The fraction of sp³-hybridized carbons (Fsp3) is 0.133. The van der Waals surface area contributed by atoms with Crippen LogP contribution in [-0.2, 0) is 4.79 Å². The number of ether oxygens (including phenoxy) is 4. The highest BCUT2D eigenvalue weighted by atomic mass is 35.5. The van der Waals surface area contributed by atoms with Gasteiger partial charge in [-0.25, -0.2) is 4.79 Å². The second-order valence-corrected chi connectivity index (χ2v) is 5.20. The Morgan fingerprint density at radius 2 is 1.91 bits per heavy atom. The van der Waals surface area contributed by atoms with Crippen molar-refractivity contribution in [2.75, 3.05) is 13.4 Å². The van der Waals surface area contributed by atoms with Gasteiger partial charge in [-0.05, 0) is 24.3 Å². The molecule has 3 rings (SSSR count). The number of fused-ring (bicyclic) bond motifs is 1. The number of carbonyl (C=O) groups excluding carboxylic acids is 1. The van der Waals surface area contributed by atoms with Gasteiger partial charge in [-0.2, -0.15) is 0 Å². The van der Waals surface area contributed by atoms with Crippen molar-refractivity contribution < 1.29 is 23.7 Å². The summed E-state index contributed by atoms with van der Waals surface area (Å²) in [5.41, 5.74) is 0. The lowest BCUT2D eigenvalue weighted by Gasteiger charge is -2.08. The van der Waals surface area contributed by atoms with Gasteiger partial charge in [0, 0.05) is 17.2 Å². The van der Waals surface area contributed by atoms with Gasteiger partial charge < -0.3 is 18.9 Å². The Balaban J connectivity index is 1.59. The first-order chi connectivity index (χ1) is 10.6. The number of rotatable bonds is 4. The Morgan fingerprint density at radius 1 is 1.09 bits per heavy atom. The first-order valence-electron chi connectivity index (χ1n) is 6.30. The minimum Gasteiger partial charge on any atom is -0.480 e. The molecule has 2 aromatic carbocycles. The van der Waals surface area contributed by atoms with Gasteiger partial charge in [0.2, 0.25) is 6.79 Å². The van der Waals surface area contributed by atoms with Crippen LogP contribution in [0.15, 0.2) is 36.4 Å². The van der Waals surface area contributed by atoms with Gasteiger partial charge in [0.1, 0.15) is 11.5 Å². The van der Waals surface area contributed by atoms with Gasteiger partial charge in [0.05, 0.1) is 5.02 Å². The van der Waals surface area contributed by atoms with Crippen LogP contribution in [0.25, 0.3) is 0 Å². The van der Waals surface area contributed by atoms with Gasteiger partial charge in [-0.3, -0.25) is 0 Å². The number of benzene rings is 2. The summed E-state index contributed by atoms with van der Waals surface area (Å²) in [4.78, 5) is 11.8. The van der Waals surface area contributed by atoms with E-state index in [9.17, 15) is 4.79 Å². The lowest BCUT2D eigenvalue weighted by atomic mass is 10.3. The summed E-state index contributed by atoms with van der Waals surface area (Å²) < 4.78 is 20.8. The van der Waals surface area contributed by atoms with Crippen LogP contribution >= 0.6 is 23.2 Å². The zero-order chi connectivity index (χ0) is 15.5. The van der Waals surface area contributed by atoms with Crippen molar-refractivity contribution in [2.24, 2.45) is 0 Å². The summed E-state index contributed by atoms with van der Waals surface area (Å²) >= 11 is 11.8. The molecule has 7 heteroatoms. The number of carbonyl (C=O) groups is 1. The normalized spacial score (nSPS) is 12.1. The van der Waals surface area contributed by atoms with E-state index in [0.717, 1.165) is 0 Å². The molecule has 0 unspecified atom stereocenters. The lowest BCUT2D eigenvalue weighted by Crippen LogP contribution is -2.17. The molecule has 0 aliphatic carbocycles. The zero-order valence-electron chi connectivity index (χ0n) is 11.2. The maximum absolute atomic E-state index is 11.8. The Bertz CT molecular complexity index is 717. The number of hydrogen-bond acceptors (Lipinski definition) is 5. The van der Waals surface area contributed by atoms with Crippen LogP contribution in [0, 0.1) is 0 Å². The first-order valence-corrected chi connectivity index (χ1v) is 7.05. The molecular weight excluding hydrogens is 331 g/mol. The van der Waals surface area contributed by atoms with Crippen molar-refractivity contribution in [2.45, 2.75) is 0 Å². The predicted octanol–water partition coefficient (Wildman–Crippen LogP) is 3.71. The molecule has 0 saturated heterocycles. The highest BCUT2D eigenvalue weighted by molar-refractivity contribution is 6.34. The number of halogens is 2. The Kier molecular flexibility index (Phi) is 4.27. The van der Waals surface area contributed by atoms with E-state index in [1.165, 1.54) is 6.07 Å². The molecule has 0 radical (unpaired) electrons. The molecule has 0 fully saturated rings. The van der Waals surface area contributed by atoms with Crippen molar-refractivity contribution in [3.05, 3.63) is 46.4 Å². The predicted molar refractivity (Wildman–Crippen MR) is 80.2 cm³/mol. The van der Waals surface area contributed by atoms with Crippen molar-refractivity contribution in [3.63, 3.8) is 0 Å². The molecule has 0 bridgehead atoms. The molecular formula is C15H10Cl2O5. The molecule has 22 heavy (non-hydrogen) atoms. The molecule has 0 atom stereocenters. The molecule has 0 spiro atoms. The van der Waals surface area contributed by atoms with Crippen LogP contribution in [-0.4, -0.2) is 19.4 Å². The fourth-order valence-corrected chi connectivity index (χ4v) is 2.16. The van der Waals surface area contributed by atoms with Crippen LogP contribution in [0.1, 0.15) is 0 Å². The quantitative estimate of drug-likeness (QED) is 0.627. The van der Waals surface area contributed by atoms with Gasteiger partial charge in [-0.1, -0.05) is 23.2 Å². The van der Waals surface area contributed by atoms with Crippen molar-refractivity contribution in [1.82, 2.24) is 0 Å². The molecule has 1 heterocycles. The monoisotopic (exact) mass is 340 g/mol. The fourth-order valence-electron chi connectivity index (χ4n) is 1.83. The smallest absolute Gasteiger partial charge is 0.349 e.